The molecule has 0 bridgehead atoms. The van der Waals surface area contributed by atoms with Crippen molar-refractivity contribution in [2.45, 2.75) is 134 Å². The van der Waals surface area contributed by atoms with Crippen LogP contribution in [0.2, 0.25) is 24.2 Å². The Bertz CT molecular complexity index is 985. The first kappa shape index (κ1) is 36.7. The van der Waals surface area contributed by atoms with Crippen molar-refractivity contribution in [3.05, 3.63) is 50.7 Å². The summed E-state index contributed by atoms with van der Waals surface area (Å²) in [5, 5.41) is 0. The van der Waals surface area contributed by atoms with Crippen LogP contribution in [0.1, 0.15) is 115 Å². The molecular formula is C39H64Cl2SiZr. The van der Waals surface area contributed by atoms with Gasteiger partial charge in [0.25, 0.3) is 0 Å². The number of benzene rings is 1. The zero-order valence-electron chi connectivity index (χ0n) is 28.5. The quantitative estimate of drug-likeness (QED) is 0.210. The van der Waals surface area contributed by atoms with E-state index in [1.807, 2.05) is 0 Å². The van der Waals surface area contributed by atoms with Gasteiger partial charge >= 0.3 is 37.9 Å². The fourth-order valence-corrected chi connectivity index (χ4v) is 18.6. The SMILES string of the molecule is CC(CC1CC([Si](C)(C)C2CC(C)C3C4CCCCC4CCC32)C2CC3CCCC3CC12)c1ccccc1.[CH3-].[CH3-].[Cl][Zr+2][Cl]. The summed E-state index contributed by atoms with van der Waals surface area (Å²) in [5.41, 5.74) is 3.83. The van der Waals surface area contributed by atoms with Crippen molar-refractivity contribution < 1.29 is 20.8 Å². The molecule has 6 saturated carbocycles. The number of hydrogen-bond acceptors (Lipinski definition) is 0. The van der Waals surface area contributed by atoms with E-state index >= 15 is 0 Å². The average Bonchev–Trinajstić information content (AvgIpc) is 3.68. The Morgan fingerprint density at radius 1 is 0.721 bits per heavy atom. The standard InChI is InChI=1S/C37H58Si.2CH3.2ClH.Zr/c1-24(26-11-6-5-7-12-26)19-30-23-36(34-22-29-15-10-14-28(29)21-33(30)34)38(3,4)35-20-25(2)37-31-16-9-8-13-27(31)17-18-32(35)37;;;;;/h5-7,11-12,24-25,27-37H,8-10,13-23H2,1-4H3;2*1H3;2*1H;/q;2*-1;;;+4/p-2. The average molecular weight is 723 g/mol. The van der Waals surface area contributed by atoms with E-state index in [1.165, 1.54) is 19.3 Å². The molecule has 4 heteroatoms. The Labute approximate surface area is 287 Å². The van der Waals surface area contributed by atoms with Gasteiger partial charge in [-0.3, -0.25) is 0 Å². The second-order valence-electron chi connectivity index (χ2n) is 16.6. The van der Waals surface area contributed by atoms with Crippen molar-refractivity contribution in [2.24, 2.45) is 59.2 Å². The predicted molar refractivity (Wildman–Crippen MR) is 190 cm³/mol. The number of halogens is 2. The molecule has 6 fully saturated rings. The van der Waals surface area contributed by atoms with Crippen molar-refractivity contribution in [2.75, 3.05) is 0 Å². The summed E-state index contributed by atoms with van der Waals surface area (Å²) in [4.78, 5) is 0. The van der Waals surface area contributed by atoms with E-state index in [0.29, 0.717) is 0 Å². The molecule has 0 nitrogen and oxygen atoms in total. The Morgan fingerprint density at radius 2 is 1.33 bits per heavy atom. The van der Waals surface area contributed by atoms with Crippen LogP contribution in [-0.2, 0) is 20.8 Å². The summed E-state index contributed by atoms with van der Waals surface area (Å²) >= 11 is -0.826. The summed E-state index contributed by atoms with van der Waals surface area (Å²) < 4.78 is 0. The van der Waals surface area contributed by atoms with Crippen LogP contribution in [0.25, 0.3) is 0 Å². The molecular weight excluding hydrogens is 659 g/mol. The molecule has 6 aliphatic carbocycles. The van der Waals surface area contributed by atoms with Gasteiger partial charge in [0.05, 0.1) is 8.07 Å². The third-order valence-corrected chi connectivity index (χ3v) is 19.9. The van der Waals surface area contributed by atoms with Gasteiger partial charge in [-0.05, 0) is 133 Å². The van der Waals surface area contributed by atoms with Gasteiger partial charge in [0.1, 0.15) is 0 Å². The van der Waals surface area contributed by atoms with E-state index in [2.05, 4.69) is 57.3 Å². The van der Waals surface area contributed by atoms with Gasteiger partial charge in [0.15, 0.2) is 0 Å². The van der Waals surface area contributed by atoms with Crippen LogP contribution in [0, 0.1) is 74.0 Å². The van der Waals surface area contributed by atoms with Crippen molar-refractivity contribution in [1.82, 2.24) is 0 Å². The van der Waals surface area contributed by atoms with Crippen LogP contribution in [0.3, 0.4) is 0 Å². The minimum atomic E-state index is -1.37. The zero-order valence-corrected chi connectivity index (χ0v) is 33.5. The molecule has 0 radical (unpaired) electrons. The fraction of sp³-hybridized carbons (Fsp3) is 0.795. The van der Waals surface area contributed by atoms with E-state index in [0.717, 1.165) is 76.2 Å². The molecule has 1 aromatic rings. The van der Waals surface area contributed by atoms with Gasteiger partial charge in [-0.15, -0.1) is 0 Å². The van der Waals surface area contributed by atoms with Gasteiger partial charge in [-0.25, -0.2) is 0 Å². The first-order valence-corrected chi connectivity index (χ1v) is 27.3. The molecule has 0 spiro atoms. The molecule has 0 heterocycles. The fourth-order valence-electron chi connectivity index (χ4n) is 13.2. The summed E-state index contributed by atoms with van der Waals surface area (Å²) in [5.74, 6) is 11.5. The van der Waals surface area contributed by atoms with Crippen LogP contribution in [0.5, 0.6) is 0 Å². The minimum absolute atomic E-state index is 0. The molecule has 0 aliphatic heterocycles. The summed E-state index contributed by atoms with van der Waals surface area (Å²) in [7, 11) is 8.50. The molecule has 7 rings (SSSR count). The van der Waals surface area contributed by atoms with Gasteiger partial charge in [0, 0.05) is 0 Å². The van der Waals surface area contributed by atoms with Gasteiger partial charge in [0.2, 0.25) is 0 Å². The Morgan fingerprint density at radius 3 is 2.02 bits per heavy atom. The van der Waals surface area contributed by atoms with Crippen molar-refractivity contribution in [1.29, 1.82) is 0 Å². The zero-order chi connectivity index (χ0) is 28.7. The van der Waals surface area contributed by atoms with Crippen LogP contribution >= 0.6 is 17.0 Å². The molecule has 242 valence electrons. The first-order chi connectivity index (χ1) is 19.8. The van der Waals surface area contributed by atoms with Crippen molar-refractivity contribution in [3.8, 4) is 0 Å². The maximum absolute atomic E-state index is 4.93. The number of fused-ring (bicyclic) bond motifs is 5. The molecule has 43 heavy (non-hydrogen) atoms. The molecule has 0 N–H and O–H groups in total. The van der Waals surface area contributed by atoms with E-state index < -0.39 is 28.9 Å². The topological polar surface area (TPSA) is 0 Å². The molecule has 6 aliphatic rings. The monoisotopic (exact) mass is 720 g/mol. The first-order valence-electron chi connectivity index (χ1n) is 17.8. The third kappa shape index (κ3) is 7.34. The van der Waals surface area contributed by atoms with E-state index in [4.69, 9.17) is 17.0 Å². The second kappa shape index (κ2) is 15.9. The van der Waals surface area contributed by atoms with Crippen LogP contribution < -0.4 is 0 Å². The molecule has 0 amide bonds. The summed E-state index contributed by atoms with van der Waals surface area (Å²) in [6.45, 7) is 11.2. The van der Waals surface area contributed by atoms with Crippen LogP contribution in [0.15, 0.2) is 30.3 Å². The van der Waals surface area contributed by atoms with Crippen LogP contribution in [0.4, 0.5) is 0 Å². The summed E-state index contributed by atoms with van der Waals surface area (Å²) in [6.07, 6.45) is 22.0. The van der Waals surface area contributed by atoms with E-state index in [-0.39, 0.29) is 14.9 Å². The third-order valence-electron chi connectivity index (χ3n) is 14.8. The Hall–Kier alpha value is 0.900. The molecule has 1 aromatic carbocycles. The van der Waals surface area contributed by atoms with Crippen molar-refractivity contribution in [3.63, 3.8) is 0 Å². The number of rotatable bonds is 5. The summed E-state index contributed by atoms with van der Waals surface area (Å²) in [6, 6.07) is 11.5. The second-order valence-corrected chi connectivity index (χ2v) is 25.5. The normalized spacial score (nSPS) is 41.9. The molecule has 13 atom stereocenters. The van der Waals surface area contributed by atoms with E-state index in [1.54, 1.807) is 76.2 Å². The maximum atomic E-state index is 4.93. The molecule has 0 aromatic heterocycles. The van der Waals surface area contributed by atoms with Crippen molar-refractivity contribution >= 4 is 25.1 Å². The van der Waals surface area contributed by atoms with Gasteiger partial charge in [-0.1, -0.05) is 95.8 Å². The molecule has 13 unspecified atom stereocenters. The predicted octanol–water partition coefficient (Wildman–Crippen LogP) is 13.2. The van der Waals surface area contributed by atoms with Gasteiger partial charge in [-0.2, -0.15) is 0 Å². The van der Waals surface area contributed by atoms with E-state index in [9.17, 15) is 0 Å². The number of hydrogen-bond donors (Lipinski definition) is 0. The van der Waals surface area contributed by atoms with Gasteiger partial charge < -0.3 is 14.9 Å². The van der Waals surface area contributed by atoms with Crippen LogP contribution in [-0.4, -0.2) is 8.07 Å². The Kier molecular flexibility index (Phi) is 13.6. The Balaban J connectivity index is 0.000000814. The molecule has 0 saturated heterocycles.